The zero-order valence-corrected chi connectivity index (χ0v) is 23.6. The van der Waals surface area contributed by atoms with E-state index in [1.807, 2.05) is 59.2 Å². The van der Waals surface area contributed by atoms with Crippen molar-refractivity contribution in [1.82, 2.24) is 39.3 Å². The molecule has 42 heavy (non-hydrogen) atoms. The molecule has 0 radical (unpaired) electrons. The summed E-state index contributed by atoms with van der Waals surface area (Å²) >= 11 is 0. The van der Waals surface area contributed by atoms with Crippen LogP contribution in [0.1, 0.15) is 37.9 Å². The molecule has 1 N–H and O–H groups in total. The van der Waals surface area contributed by atoms with Gasteiger partial charge >= 0.3 is 5.69 Å². The van der Waals surface area contributed by atoms with E-state index in [0.717, 1.165) is 34.5 Å². The predicted molar refractivity (Wildman–Crippen MR) is 159 cm³/mol. The first-order valence-electron chi connectivity index (χ1n) is 13.8. The van der Waals surface area contributed by atoms with E-state index in [4.69, 9.17) is 9.72 Å². The molecule has 6 aromatic rings. The van der Waals surface area contributed by atoms with E-state index >= 15 is 0 Å². The minimum Gasteiger partial charge on any atom is -0.361 e. The molecule has 0 amide bonds. The number of aromatic amines is 1. The quantitative estimate of drug-likeness (QED) is 0.278. The van der Waals surface area contributed by atoms with Gasteiger partial charge in [0.15, 0.2) is 11.2 Å². The number of H-pyrrole nitrogens is 1. The number of tetrazole rings is 1. The maximum absolute atomic E-state index is 14.1. The molecule has 3 heterocycles. The topological polar surface area (TPSA) is 126 Å². The molecule has 0 aliphatic carbocycles. The van der Waals surface area contributed by atoms with Crippen molar-refractivity contribution in [2.45, 2.75) is 39.5 Å². The first-order valence-corrected chi connectivity index (χ1v) is 13.8. The largest absolute Gasteiger partial charge is 0.361 e. The molecule has 0 saturated carbocycles. The van der Waals surface area contributed by atoms with Gasteiger partial charge in [0.05, 0.1) is 5.69 Å². The summed E-state index contributed by atoms with van der Waals surface area (Å²) in [4.78, 5) is 32.6. The van der Waals surface area contributed by atoms with Crippen molar-refractivity contribution >= 4 is 11.2 Å². The third-order valence-corrected chi connectivity index (χ3v) is 7.37. The lowest BCUT2D eigenvalue weighted by Crippen LogP contribution is -2.41. The summed E-state index contributed by atoms with van der Waals surface area (Å²) in [7, 11) is 1.53. The SMILES string of the molecule is CCCc1nc2c(c(=O)n(-c3ccccc3)c(=O)n2C(C)OC)n1Cc1ccc(-c2ccccc2-c2nn[nH]n2)cc1. The van der Waals surface area contributed by atoms with Crippen molar-refractivity contribution in [2.75, 3.05) is 7.11 Å². The van der Waals surface area contributed by atoms with E-state index in [0.29, 0.717) is 35.6 Å². The van der Waals surface area contributed by atoms with Gasteiger partial charge in [0.2, 0.25) is 5.82 Å². The van der Waals surface area contributed by atoms with Crippen LogP contribution in [0.5, 0.6) is 0 Å². The van der Waals surface area contributed by atoms with Gasteiger partial charge in [-0.3, -0.25) is 4.79 Å². The first-order chi connectivity index (χ1) is 20.5. The van der Waals surface area contributed by atoms with Crippen LogP contribution in [0.3, 0.4) is 0 Å². The van der Waals surface area contributed by atoms with Crippen molar-refractivity contribution in [1.29, 1.82) is 0 Å². The molecular weight excluding hydrogens is 532 g/mol. The number of hydrogen-bond donors (Lipinski definition) is 1. The summed E-state index contributed by atoms with van der Waals surface area (Å²) in [5.74, 6) is 1.26. The molecule has 6 rings (SSSR count). The highest BCUT2D eigenvalue weighted by Gasteiger charge is 2.24. The number of benzene rings is 3. The number of aromatic nitrogens is 8. The summed E-state index contributed by atoms with van der Waals surface area (Å²) < 4.78 is 10.1. The number of methoxy groups -OCH3 is 1. The fourth-order valence-electron chi connectivity index (χ4n) is 5.26. The smallest absolute Gasteiger partial charge is 0.339 e. The molecule has 3 aromatic heterocycles. The molecule has 11 heteroatoms. The molecule has 212 valence electrons. The summed E-state index contributed by atoms with van der Waals surface area (Å²) in [6.45, 7) is 4.24. The monoisotopic (exact) mass is 562 g/mol. The predicted octanol–water partition coefficient (Wildman–Crippen LogP) is 4.36. The van der Waals surface area contributed by atoms with Gasteiger partial charge in [-0.15, -0.1) is 10.2 Å². The normalized spacial score (nSPS) is 12.2. The van der Waals surface area contributed by atoms with Gasteiger partial charge < -0.3 is 9.30 Å². The van der Waals surface area contributed by atoms with Crippen molar-refractivity contribution in [3.63, 3.8) is 0 Å². The summed E-state index contributed by atoms with van der Waals surface area (Å²) in [6, 6.07) is 25.0. The van der Waals surface area contributed by atoms with E-state index in [1.54, 1.807) is 31.2 Å². The molecule has 0 aliphatic rings. The Kier molecular flexibility index (Phi) is 7.32. The van der Waals surface area contributed by atoms with Gasteiger partial charge in [0, 0.05) is 25.6 Å². The van der Waals surface area contributed by atoms with Crippen LogP contribution >= 0.6 is 0 Å². The van der Waals surface area contributed by atoms with E-state index in [2.05, 4.69) is 27.5 Å². The number of aryl methyl sites for hydroxylation is 1. The van der Waals surface area contributed by atoms with Crippen molar-refractivity contribution in [3.8, 4) is 28.2 Å². The van der Waals surface area contributed by atoms with Crippen molar-refractivity contribution in [3.05, 3.63) is 111 Å². The fourth-order valence-corrected chi connectivity index (χ4v) is 5.26. The zero-order valence-electron chi connectivity index (χ0n) is 23.6. The second-order valence-electron chi connectivity index (χ2n) is 9.98. The number of fused-ring (bicyclic) bond motifs is 1. The Morgan fingerprint density at radius 3 is 2.31 bits per heavy atom. The van der Waals surface area contributed by atoms with Crippen LogP contribution in [-0.2, 0) is 17.7 Å². The number of hydrogen-bond acceptors (Lipinski definition) is 7. The summed E-state index contributed by atoms with van der Waals surface area (Å²) in [5, 5.41) is 14.5. The number of rotatable bonds is 9. The highest BCUT2D eigenvalue weighted by atomic mass is 16.5. The van der Waals surface area contributed by atoms with Crippen LogP contribution in [0.4, 0.5) is 0 Å². The van der Waals surface area contributed by atoms with Gasteiger partial charge in [-0.05, 0) is 47.4 Å². The molecule has 1 atom stereocenters. The van der Waals surface area contributed by atoms with E-state index in [1.165, 1.54) is 16.2 Å². The maximum Gasteiger partial charge on any atom is 0.339 e. The number of nitrogens with one attached hydrogen (secondary N) is 1. The van der Waals surface area contributed by atoms with Crippen LogP contribution < -0.4 is 11.2 Å². The lowest BCUT2D eigenvalue weighted by atomic mass is 9.98. The first kappa shape index (κ1) is 27.0. The third kappa shape index (κ3) is 4.73. The van der Waals surface area contributed by atoms with Gasteiger partial charge in [0.25, 0.3) is 5.56 Å². The minimum atomic E-state index is -0.632. The van der Waals surface area contributed by atoms with E-state index in [-0.39, 0.29) is 0 Å². The van der Waals surface area contributed by atoms with Gasteiger partial charge in [-0.1, -0.05) is 73.7 Å². The van der Waals surface area contributed by atoms with Crippen LogP contribution in [-0.4, -0.2) is 46.4 Å². The molecule has 11 nitrogen and oxygen atoms in total. The average molecular weight is 563 g/mol. The van der Waals surface area contributed by atoms with Crippen molar-refractivity contribution in [2.24, 2.45) is 0 Å². The number of ether oxygens (including phenoxy) is 1. The Morgan fingerprint density at radius 1 is 0.929 bits per heavy atom. The van der Waals surface area contributed by atoms with Crippen LogP contribution in [0, 0.1) is 0 Å². The van der Waals surface area contributed by atoms with Crippen molar-refractivity contribution < 1.29 is 4.74 Å². The lowest BCUT2D eigenvalue weighted by Gasteiger charge is -2.17. The molecule has 0 bridgehead atoms. The Labute approximate surface area is 241 Å². The molecule has 1 unspecified atom stereocenters. The fraction of sp³-hybridized carbons (Fsp3) is 0.226. The van der Waals surface area contributed by atoms with Crippen LogP contribution in [0.15, 0.2) is 88.5 Å². The van der Waals surface area contributed by atoms with E-state index in [9.17, 15) is 9.59 Å². The second-order valence-corrected chi connectivity index (χ2v) is 9.98. The number of para-hydroxylation sites is 1. The zero-order chi connectivity index (χ0) is 29.2. The highest BCUT2D eigenvalue weighted by molar-refractivity contribution is 5.80. The Balaban J connectivity index is 1.49. The molecule has 0 fully saturated rings. The van der Waals surface area contributed by atoms with E-state index < -0.39 is 17.5 Å². The standard InChI is InChI=1S/C31H30N8O3/c1-4-10-26-32-29-27(30(40)39(23-11-6-5-7-12-23)31(41)38(29)20(2)42-3)37(26)19-21-15-17-22(18-16-21)24-13-8-9-14-25(24)28-33-35-36-34-28/h5-9,11-18,20H,4,10,19H2,1-3H3,(H,33,34,35,36). The highest BCUT2D eigenvalue weighted by Crippen LogP contribution is 2.30. The van der Waals surface area contributed by atoms with Gasteiger partial charge in [-0.25, -0.2) is 18.9 Å². The van der Waals surface area contributed by atoms with Crippen LogP contribution in [0.2, 0.25) is 0 Å². The minimum absolute atomic E-state index is 0.320. The average Bonchev–Trinajstić information content (AvgIpc) is 3.67. The molecule has 0 aliphatic heterocycles. The number of imidazole rings is 1. The Bertz CT molecular complexity index is 1960. The Morgan fingerprint density at radius 2 is 1.64 bits per heavy atom. The summed E-state index contributed by atoms with van der Waals surface area (Å²) in [6.07, 6.45) is 0.837. The molecule has 0 spiro atoms. The lowest BCUT2D eigenvalue weighted by molar-refractivity contribution is 0.0591. The van der Waals surface area contributed by atoms with Crippen LogP contribution in [0.25, 0.3) is 39.4 Å². The van der Waals surface area contributed by atoms with Gasteiger partial charge in [0.1, 0.15) is 12.1 Å². The molecule has 3 aromatic carbocycles. The third-order valence-electron chi connectivity index (χ3n) is 7.37. The summed E-state index contributed by atoms with van der Waals surface area (Å²) in [5.41, 5.74) is 4.09. The maximum atomic E-state index is 14.1. The molecular formula is C31H30N8O3. The Hall–Kier alpha value is -5.16. The second kappa shape index (κ2) is 11.4. The number of nitrogens with zero attached hydrogens (tertiary/aromatic N) is 7. The van der Waals surface area contributed by atoms with Gasteiger partial charge in [-0.2, -0.15) is 5.21 Å². The molecule has 0 saturated heterocycles.